The van der Waals surface area contributed by atoms with Crippen LogP contribution in [0.4, 0.5) is 0 Å². The Labute approximate surface area is 81.7 Å². The second-order valence-electron chi connectivity index (χ2n) is 3.72. The Morgan fingerprint density at radius 1 is 1.54 bits per heavy atom. The van der Waals surface area contributed by atoms with E-state index in [2.05, 4.69) is 16.1 Å². The fourth-order valence-corrected chi connectivity index (χ4v) is 2.02. The van der Waals surface area contributed by atoms with E-state index >= 15 is 0 Å². The summed E-state index contributed by atoms with van der Waals surface area (Å²) in [6, 6.07) is 0.720. The van der Waals surface area contributed by atoms with Crippen LogP contribution in [0.2, 0.25) is 0 Å². The van der Waals surface area contributed by atoms with Gasteiger partial charge in [-0.15, -0.1) is 6.42 Å². The first-order valence-corrected chi connectivity index (χ1v) is 5.20. The summed E-state index contributed by atoms with van der Waals surface area (Å²) in [5.74, 6) is 2.75. The minimum Gasteiger partial charge on any atom is -0.320 e. The van der Waals surface area contributed by atoms with Crippen LogP contribution in [0.5, 0.6) is 0 Å². The predicted molar refractivity (Wildman–Crippen MR) is 56.6 cm³/mol. The highest BCUT2D eigenvalue weighted by Crippen LogP contribution is 2.18. The summed E-state index contributed by atoms with van der Waals surface area (Å²) in [6.07, 6.45) is 10.6. The molecule has 1 heterocycles. The molecular weight excluding hydrogens is 160 g/mol. The lowest BCUT2D eigenvalue weighted by atomic mass is 9.99. The summed E-state index contributed by atoms with van der Waals surface area (Å²) in [4.78, 5) is 2.45. The lowest BCUT2D eigenvalue weighted by Gasteiger charge is -2.34. The number of rotatable bonds is 4. The second-order valence-corrected chi connectivity index (χ2v) is 3.72. The van der Waals surface area contributed by atoms with E-state index in [1.807, 2.05) is 7.05 Å². The first kappa shape index (κ1) is 10.6. The van der Waals surface area contributed by atoms with Gasteiger partial charge in [-0.05, 0) is 39.4 Å². The van der Waals surface area contributed by atoms with E-state index in [-0.39, 0.29) is 0 Å². The molecule has 1 unspecified atom stereocenters. The van der Waals surface area contributed by atoms with Crippen molar-refractivity contribution in [3.63, 3.8) is 0 Å². The molecule has 13 heavy (non-hydrogen) atoms. The van der Waals surface area contributed by atoms with Crippen molar-refractivity contribution in [2.75, 3.05) is 26.7 Å². The van der Waals surface area contributed by atoms with Crippen LogP contribution in [-0.2, 0) is 0 Å². The Morgan fingerprint density at radius 3 is 3.08 bits per heavy atom. The van der Waals surface area contributed by atoms with E-state index in [1.54, 1.807) is 0 Å². The van der Waals surface area contributed by atoms with Crippen molar-refractivity contribution in [3.8, 4) is 12.3 Å². The third kappa shape index (κ3) is 3.38. The third-order valence-electron chi connectivity index (χ3n) is 2.77. The van der Waals surface area contributed by atoms with Gasteiger partial charge in [-0.2, -0.15) is 0 Å². The van der Waals surface area contributed by atoms with Gasteiger partial charge in [-0.25, -0.2) is 0 Å². The predicted octanol–water partition coefficient (Wildman–Crippen LogP) is 1.08. The van der Waals surface area contributed by atoms with Crippen LogP contribution >= 0.6 is 0 Å². The molecule has 2 heteroatoms. The van der Waals surface area contributed by atoms with E-state index in [0.29, 0.717) is 0 Å². The van der Waals surface area contributed by atoms with Gasteiger partial charge in [0.2, 0.25) is 0 Å². The van der Waals surface area contributed by atoms with E-state index in [4.69, 9.17) is 6.42 Å². The third-order valence-corrected chi connectivity index (χ3v) is 2.77. The fraction of sp³-hybridized carbons (Fsp3) is 0.818. The minimum absolute atomic E-state index is 0.720. The number of piperidine rings is 1. The molecule has 74 valence electrons. The highest BCUT2D eigenvalue weighted by atomic mass is 15.2. The first-order valence-electron chi connectivity index (χ1n) is 5.20. The van der Waals surface area contributed by atoms with E-state index in [9.17, 15) is 0 Å². The quantitative estimate of drug-likeness (QED) is 0.651. The minimum atomic E-state index is 0.720. The lowest BCUT2D eigenvalue weighted by Crippen LogP contribution is -2.41. The van der Waals surface area contributed by atoms with Gasteiger partial charge in [-0.1, -0.05) is 12.3 Å². The van der Waals surface area contributed by atoms with Crippen LogP contribution in [0.3, 0.4) is 0 Å². The van der Waals surface area contributed by atoms with Crippen molar-refractivity contribution < 1.29 is 0 Å². The number of nitrogens with one attached hydrogen (secondary N) is 1. The molecule has 0 aliphatic carbocycles. The Hall–Kier alpha value is -0.520. The maximum Gasteiger partial charge on any atom is 0.0601 e. The molecule has 0 saturated carbocycles. The van der Waals surface area contributed by atoms with Crippen molar-refractivity contribution in [3.05, 3.63) is 0 Å². The monoisotopic (exact) mass is 180 g/mol. The molecule has 1 aliphatic heterocycles. The van der Waals surface area contributed by atoms with Crippen molar-refractivity contribution in [1.29, 1.82) is 0 Å². The molecule has 0 amide bonds. The number of hydrogen-bond donors (Lipinski definition) is 1. The molecule has 0 spiro atoms. The molecule has 0 aromatic heterocycles. The van der Waals surface area contributed by atoms with Gasteiger partial charge in [-0.3, -0.25) is 4.90 Å². The molecule has 1 saturated heterocycles. The summed E-state index contributed by atoms with van der Waals surface area (Å²) in [5.41, 5.74) is 0. The van der Waals surface area contributed by atoms with Gasteiger partial charge in [0.05, 0.1) is 6.54 Å². The highest BCUT2D eigenvalue weighted by Gasteiger charge is 2.20. The lowest BCUT2D eigenvalue weighted by molar-refractivity contribution is 0.159. The SMILES string of the molecule is C#CCN1CCCCC1CCNC. The molecule has 1 fully saturated rings. The topological polar surface area (TPSA) is 15.3 Å². The smallest absolute Gasteiger partial charge is 0.0601 e. The molecule has 1 atom stereocenters. The zero-order valence-electron chi connectivity index (χ0n) is 8.55. The van der Waals surface area contributed by atoms with Crippen molar-refractivity contribution >= 4 is 0 Å². The maximum atomic E-state index is 5.34. The summed E-state index contributed by atoms with van der Waals surface area (Å²) < 4.78 is 0. The van der Waals surface area contributed by atoms with Crippen molar-refractivity contribution in [2.24, 2.45) is 0 Å². The van der Waals surface area contributed by atoms with Crippen molar-refractivity contribution in [2.45, 2.75) is 31.7 Å². The van der Waals surface area contributed by atoms with Gasteiger partial charge in [0.25, 0.3) is 0 Å². The number of hydrogen-bond acceptors (Lipinski definition) is 2. The Morgan fingerprint density at radius 2 is 2.38 bits per heavy atom. The average Bonchev–Trinajstić information content (AvgIpc) is 2.17. The number of terminal acetylenes is 1. The molecular formula is C11H20N2. The molecule has 1 N–H and O–H groups in total. The Bertz CT molecular complexity index is 171. The molecule has 1 rings (SSSR count). The summed E-state index contributed by atoms with van der Waals surface area (Å²) in [6.45, 7) is 3.12. The summed E-state index contributed by atoms with van der Waals surface area (Å²) >= 11 is 0. The molecule has 0 bridgehead atoms. The van der Waals surface area contributed by atoms with Crippen LogP contribution in [-0.4, -0.2) is 37.6 Å². The first-order chi connectivity index (χ1) is 6.38. The Balaban J connectivity index is 2.33. The molecule has 1 aliphatic rings. The number of nitrogens with zero attached hydrogens (tertiary/aromatic N) is 1. The van der Waals surface area contributed by atoms with Gasteiger partial charge < -0.3 is 5.32 Å². The maximum absolute atomic E-state index is 5.34. The fourth-order valence-electron chi connectivity index (χ4n) is 2.02. The molecule has 2 nitrogen and oxygen atoms in total. The largest absolute Gasteiger partial charge is 0.320 e. The van der Waals surface area contributed by atoms with Gasteiger partial charge in [0, 0.05) is 6.04 Å². The number of likely N-dealkylation sites (tertiary alicyclic amines) is 1. The normalized spacial score (nSPS) is 24.2. The van der Waals surface area contributed by atoms with Gasteiger partial charge in [0.1, 0.15) is 0 Å². The van der Waals surface area contributed by atoms with Gasteiger partial charge >= 0.3 is 0 Å². The molecule has 0 aromatic carbocycles. The highest BCUT2D eigenvalue weighted by molar-refractivity contribution is 4.91. The van der Waals surface area contributed by atoms with Crippen LogP contribution in [0.15, 0.2) is 0 Å². The summed E-state index contributed by atoms with van der Waals surface area (Å²) in [5, 5.41) is 3.20. The van der Waals surface area contributed by atoms with E-state index in [1.165, 1.54) is 32.2 Å². The second kappa shape index (κ2) is 6.01. The van der Waals surface area contributed by atoms with Crippen LogP contribution in [0.25, 0.3) is 0 Å². The van der Waals surface area contributed by atoms with Crippen LogP contribution in [0, 0.1) is 12.3 Å². The average molecular weight is 180 g/mol. The van der Waals surface area contributed by atoms with E-state index in [0.717, 1.165) is 19.1 Å². The van der Waals surface area contributed by atoms with Crippen molar-refractivity contribution in [1.82, 2.24) is 10.2 Å². The zero-order valence-corrected chi connectivity index (χ0v) is 8.55. The van der Waals surface area contributed by atoms with Crippen LogP contribution in [0.1, 0.15) is 25.7 Å². The summed E-state index contributed by atoms with van der Waals surface area (Å²) in [7, 11) is 2.01. The van der Waals surface area contributed by atoms with Crippen LogP contribution < -0.4 is 5.32 Å². The van der Waals surface area contributed by atoms with Gasteiger partial charge in [0.15, 0.2) is 0 Å². The standard InChI is InChI=1S/C11H20N2/c1-3-9-13-10-5-4-6-11(13)7-8-12-2/h1,11-12H,4-10H2,2H3. The van der Waals surface area contributed by atoms with E-state index < -0.39 is 0 Å². The molecule has 0 aromatic rings. The Kier molecular flexibility index (Phi) is 4.88. The molecule has 0 radical (unpaired) electrons. The zero-order chi connectivity index (χ0) is 9.52.